The Balaban J connectivity index is 3.03. The standard InChI is InChI=1S/C11H15N3O4S/c1-5(15)8-7(9(17)18)13-10(19-8)14-11(2,3)4-6(12)16/h4H2,1-3H3,(H2,12,16)(H,13,14)(H,17,18). The van der Waals surface area contributed by atoms with Crippen molar-refractivity contribution >= 4 is 34.1 Å². The van der Waals surface area contributed by atoms with Crippen molar-refractivity contribution in [1.82, 2.24) is 4.98 Å². The van der Waals surface area contributed by atoms with Crippen LogP contribution >= 0.6 is 11.3 Å². The fourth-order valence-corrected chi connectivity index (χ4v) is 2.56. The molecule has 0 bridgehead atoms. The fraction of sp³-hybridized carbons (Fsp3) is 0.455. The summed E-state index contributed by atoms with van der Waals surface area (Å²) in [5, 5.41) is 12.1. The maximum Gasteiger partial charge on any atom is 0.356 e. The summed E-state index contributed by atoms with van der Waals surface area (Å²) >= 11 is 0.945. The van der Waals surface area contributed by atoms with Crippen molar-refractivity contribution in [2.75, 3.05) is 5.32 Å². The Morgan fingerprint density at radius 1 is 1.42 bits per heavy atom. The van der Waals surface area contributed by atoms with Crippen molar-refractivity contribution in [3.8, 4) is 0 Å². The maximum absolute atomic E-state index is 11.3. The number of thiazole rings is 1. The lowest BCUT2D eigenvalue weighted by Gasteiger charge is -2.24. The molecule has 0 aliphatic heterocycles. The van der Waals surface area contributed by atoms with Crippen molar-refractivity contribution in [1.29, 1.82) is 0 Å². The molecule has 4 N–H and O–H groups in total. The number of nitrogens with one attached hydrogen (secondary N) is 1. The molecule has 0 radical (unpaired) electrons. The Morgan fingerprint density at radius 3 is 2.37 bits per heavy atom. The summed E-state index contributed by atoms with van der Waals surface area (Å²) in [5.74, 6) is -2.11. The molecule has 0 spiro atoms. The van der Waals surface area contributed by atoms with Crippen LogP contribution in [-0.4, -0.2) is 33.3 Å². The number of Topliss-reactive ketones (excluding diaryl/α,β-unsaturated/α-hetero) is 1. The van der Waals surface area contributed by atoms with Gasteiger partial charge in [-0.3, -0.25) is 9.59 Å². The Hall–Kier alpha value is -1.96. The highest BCUT2D eigenvalue weighted by Gasteiger charge is 2.25. The van der Waals surface area contributed by atoms with Crippen LogP contribution in [0.3, 0.4) is 0 Å². The highest BCUT2D eigenvalue weighted by molar-refractivity contribution is 7.17. The number of hydrogen-bond donors (Lipinski definition) is 3. The van der Waals surface area contributed by atoms with E-state index in [0.717, 1.165) is 11.3 Å². The average molecular weight is 285 g/mol. The van der Waals surface area contributed by atoms with Crippen LogP contribution in [0.5, 0.6) is 0 Å². The molecule has 1 heterocycles. The van der Waals surface area contributed by atoms with E-state index in [4.69, 9.17) is 10.8 Å². The van der Waals surface area contributed by atoms with E-state index in [2.05, 4.69) is 10.3 Å². The van der Waals surface area contributed by atoms with E-state index in [0.29, 0.717) is 0 Å². The van der Waals surface area contributed by atoms with E-state index < -0.39 is 17.4 Å². The third-order valence-electron chi connectivity index (χ3n) is 2.21. The first-order valence-corrected chi connectivity index (χ1v) is 6.25. The molecule has 1 aromatic heterocycles. The van der Waals surface area contributed by atoms with Gasteiger partial charge in [0, 0.05) is 18.9 Å². The van der Waals surface area contributed by atoms with E-state index in [1.165, 1.54) is 6.92 Å². The second kappa shape index (κ2) is 5.35. The first-order valence-electron chi connectivity index (χ1n) is 5.44. The zero-order valence-corrected chi connectivity index (χ0v) is 11.6. The number of nitrogens with two attached hydrogens (primary N) is 1. The Morgan fingerprint density at radius 2 is 2.00 bits per heavy atom. The SMILES string of the molecule is CC(=O)c1sc(NC(C)(C)CC(N)=O)nc1C(=O)O. The molecule has 0 aliphatic carbocycles. The Labute approximate surface area is 113 Å². The molecule has 1 amide bonds. The van der Waals surface area contributed by atoms with E-state index >= 15 is 0 Å². The summed E-state index contributed by atoms with van der Waals surface area (Å²) < 4.78 is 0. The number of carboxylic acids is 1. The number of carboxylic acid groups (broad SMARTS) is 1. The van der Waals surface area contributed by atoms with Crippen LogP contribution in [0.15, 0.2) is 0 Å². The monoisotopic (exact) mass is 285 g/mol. The summed E-state index contributed by atoms with van der Waals surface area (Å²) in [6, 6.07) is 0. The van der Waals surface area contributed by atoms with Crippen molar-refractivity contribution in [2.45, 2.75) is 32.7 Å². The largest absolute Gasteiger partial charge is 0.476 e. The van der Waals surface area contributed by atoms with Gasteiger partial charge >= 0.3 is 5.97 Å². The first-order chi connectivity index (χ1) is 8.62. The van der Waals surface area contributed by atoms with Gasteiger partial charge in [-0.25, -0.2) is 9.78 Å². The van der Waals surface area contributed by atoms with Crippen molar-refractivity contribution < 1.29 is 19.5 Å². The minimum Gasteiger partial charge on any atom is -0.476 e. The Kier molecular flexibility index (Phi) is 4.25. The number of aromatic carboxylic acids is 1. The first kappa shape index (κ1) is 15.1. The molecule has 0 aromatic carbocycles. The number of amides is 1. The molecule has 0 fully saturated rings. The van der Waals surface area contributed by atoms with Gasteiger partial charge in [0.25, 0.3) is 0 Å². The van der Waals surface area contributed by atoms with Crippen LogP contribution in [0, 0.1) is 0 Å². The lowest BCUT2D eigenvalue weighted by molar-refractivity contribution is -0.118. The second-order valence-electron chi connectivity index (χ2n) is 4.71. The molecule has 0 saturated heterocycles. The smallest absolute Gasteiger partial charge is 0.356 e. The molecule has 104 valence electrons. The minimum absolute atomic E-state index is 0.0599. The number of nitrogens with zero attached hydrogens (tertiary/aromatic N) is 1. The molecule has 7 nitrogen and oxygen atoms in total. The normalized spacial score (nSPS) is 11.1. The summed E-state index contributed by atoms with van der Waals surface area (Å²) in [6.45, 7) is 4.73. The highest BCUT2D eigenvalue weighted by atomic mass is 32.1. The number of primary amides is 1. The molecule has 1 rings (SSSR count). The lowest BCUT2D eigenvalue weighted by Crippen LogP contribution is -2.35. The van der Waals surface area contributed by atoms with Gasteiger partial charge in [0.1, 0.15) is 4.88 Å². The minimum atomic E-state index is -1.26. The van der Waals surface area contributed by atoms with Gasteiger partial charge in [-0.15, -0.1) is 0 Å². The van der Waals surface area contributed by atoms with E-state index in [1.807, 2.05) is 0 Å². The summed E-state index contributed by atoms with van der Waals surface area (Å²) in [5.41, 5.74) is 4.16. The number of aromatic nitrogens is 1. The van der Waals surface area contributed by atoms with Crippen LogP contribution < -0.4 is 11.1 Å². The molecular weight excluding hydrogens is 270 g/mol. The molecule has 8 heteroatoms. The molecule has 0 atom stereocenters. The lowest BCUT2D eigenvalue weighted by atomic mass is 10.0. The zero-order chi connectivity index (χ0) is 14.8. The average Bonchev–Trinajstić information content (AvgIpc) is 2.58. The number of ketones is 1. The number of carbonyl (C=O) groups excluding carboxylic acids is 2. The predicted octanol–water partition coefficient (Wildman–Crippen LogP) is 1.11. The third-order valence-corrected chi connectivity index (χ3v) is 3.28. The molecule has 1 aromatic rings. The number of carbonyl (C=O) groups is 3. The number of rotatable bonds is 6. The third kappa shape index (κ3) is 4.02. The number of anilines is 1. The van der Waals surface area contributed by atoms with Gasteiger partial charge in [0.15, 0.2) is 16.6 Å². The second-order valence-corrected chi connectivity index (χ2v) is 5.71. The van der Waals surface area contributed by atoms with Crippen LogP contribution in [-0.2, 0) is 4.79 Å². The van der Waals surface area contributed by atoms with E-state index in [-0.39, 0.29) is 27.9 Å². The van der Waals surface area contributed by atoms with Gasteiger partial charge in [0.05, 0.1) is 0 Å². The van der Waals surface area contributed by atoms with Crippen molar-refractivity contribution in [3.63, 3.8) is 0 Å². The van der Waals surface area contributed by atoms with Crippen molar-refractivity contribution in [2.24, 2.45) is 5.73 Å². The van der Waals surface area contributed by atoms with Crippen LogP contribution in [0.2, 0.25) is 0 Å². The summed E-state index contributed by atoms with van der Waals surface area (Å²) in [6.07, 6.45) is 0.0599. The number of hydrogen-bond acceptors (Lipinski definition) is 6. The summed E-state index contributed by atoms with van der Waals surface area (Å²) in [4.78, 5) is 37.1. The summed E-state index contributed by atoms with van der Waals surface area (Å²) in [7, 11) is 0. The quantitative estimate of drug-likeness (QED) is 0.673. The van der Waals surface area contributed by atoms with Crippen LogP contribution in [0.25, 0.3) is 0 Å². The van der Waals surface area contributed by atoms with Gasteiger partial charge in [0.2, 0.25) is 5.91 Å². The zero-order valence-electron chi connectivity index (χ0n) is 10.8. The van der Waals surface area contributed by atoms with Crippen LogP contribution in [0.4, 0.5) is 5.13 Å². The fourth-order valence-electron chi connectivity index (χ4n) is 1.53. The van der Waals surface area contributed by atoms with Gasteiger partial charge in [-0.1, -0.05) is 11.3 Å². The molecular formula is C11H15N3O4S. The molecule has 0 unspecified atom stereocenters. The van der Waals surface area contributed by atoms with Crippen LogP contribution in [0.1, 0.15) is 47.4 Å². The predicted molar refractivity (Wildman–Crippen MR) is 70.6 cm³/mol. The molecule has 0 aliphatic rings. The molecule has 19 heavy (non-hydrogen) atoms. The van der Waals surface area contributed by atoms with Gasteiger partial charge in [-0.2, -0.15) is 0 Å². The Bertz CT molecular complexity index is 505. The topological polar surface area (TPSA) is 122 Å². The van der Waals surface area contributed by atoms with Gasteiger partial charge < -0.3 is 16.2 Å². The van der Waals surface area contributed by atoms with E-state index in [1.54, 1.807) is 13.8 Å². The van der Waals surface area contributed by atoms with E-state index in [9.17, 15) is 14.4 Å². The maximum atomic E-state index is 11.3. The van der Waals surface area contributed by atoms with Gasteiger partial charge in [-0.05, 0) is 13.8 Å². The molecule has 0 saturated carbocycles. The van der Waals surface area contributed by atoms with Crippen molar-refractivity contribution in [3.05, 3.63) is 10.6 Å². The highest BCUT2D eigenvalue weighted by Crippen LogP contribution is 2.27.